The Labute approximate surface area is 107 Å². The number of aromatic nitrogens is 1. The fourth-order valence-corrected chi connectivity index (χ4v) is 1.70. The van der Waals surface area contributed by atoms with Gasteiger partial charge in [-0.3, -0.25) is 0 Å². The van der Waals surface area contributed by atoms with E-state index in [9.17, 15) is 0 Å². The molecule has 0 bridgehead atoms. The molecule has 0 atom stereocenters. The lowest BCUT2D eigenvalue weighted by Gasteiger charge is -2.06. The fraction of sp³-hybridized carbons (Fsp3) is 0.615. The van der Waals surface area contributed by atoms with Gasteiger partial charge in [-0.2, -0.15) is 0 Å². The van der Waals surface area contributed by atoms with Crippen LogP contribution < -0.4 is 4.74 Å². The van der Waals surface area contributed by atoms with Crippen molar-refractivity contribution in [2.75, 3.05) is 6.61 Å². The third kappa shape index (κ3) is 4.97. The number of ether oxygens (including phenoxy) is 1. The van der Waals surface area contributed by atoms with Gasteiger partial charge < -0.3 is 4.74 Å². The molecule has 0 aliphatic heterocycles. The lowest BCUT2D eigenvalue weighted by atomic mass is 10.2. The zero-order chi connectivity index (χ0) is 11.8. The highest BCUT2D eigenvalue weighted by Crippen LogP contribution is 2.17. The minimum absolute atomic E-state index is 0.733. The highest BCUT2D eigenvalue weighted by Gasteiger charge is 1.99. The number of pyridine rings is 1. The number of rotatable bonds is 7. The Morgan fingerprint density at radius 3 is 2.62 bits per heavy atom. The Morgan fingerprint density at radius 1 is 1.19 bits per heavy atom. The van der Waals surface area contributed by atoms with Gasteiger partial charge in [-0.05, 0) is 35.3 Å². The molecule has 90 valence electrons. The molecular formula is C13H20BrNO. The summed E-state index contributed by atoms with van der Waals surface area (Å²) in [6, 6.07) is 3.89. The molecule has 0 aliphatic rings. The molecular weight excluding hydrogens is 266 g/mol. The van der Waals surface area contributed by atoms with Gasteiger partial charge in [0.05, 0.1) is 12.3 Å². The molecule has 1 aromatic heterocycles. The van der Waals surface area contributed by atoms with Gasteiger partial charge in [0.1, 0.15) is 0 Å². The van der Waals surface area contributed by atoms with Gasteiger partial charge in [-0.15, -0.1) is 0 Å². The average Bonchev–Trinajstić information content (AvgIpc) is 2.28. The van der Waals surface area contributed by atoms with Crippen molar-refractivity contribution in [3.05, 3.63) is 22.3 Å². The van der Waals surface area contributed by atoms with Gasteiger partial charge >= 0.3 is 0 Å². The van der Waals surface area contributed by atoms with Crippen LogP contribution in [0.1, 0.15) is 44.7 Å². The van der Waals surface area contributed by atoms with Crippen molar-refractivity contribution < 1.29 is 4.74 Å². The van der Waals surface area contributed by atoms with Gasteiger partial charge in [0.2, 0.25) is 5.88 Å². The molecule has 1 rings (SSSR count). The fourth-order valence-electron chi connectivity index (χ4n) is 1.48. The van der Waals surface area contributed by atoms with Crippen molar-refractivity contribution in [3.63, 3.8) is 0 Å². The number of hydrogen-bond acceptors (Lipinski definition) is 2. The second-order valence-corrected chi connectivity index (χ2v) is 4.83. The van der Waals surface area contributed by atoms with E-state index in [0.29, 0.717) is 0 Å². The average molecular weight is 286 g/mol. The van der Waals surface area contributed by atoms with Crippen LogP contribution in [0.4, 0.5) is 0 Å². The molecule has 0 saturated heterocycles. The molecule has 0 spiro atoms. The van der Waals surface area contributed by atoms with Crippen LogP contribution in [0.5, 0.6) is 5.88 Å². The quantitative estimate of drug-likeness (QED) is 0.688. The first kappa shape index (κ1) is 13.5. The zero-order valence-electron chi connectivity index (χ0n) is 10.1. The molecule has 1 heterocycles. The van der Waals surface area contributed by atoms with Gasteiger partial charge in [0, 0.05) is 10.5 Å². The predicted molar refractivity (Wildman–Crippen MR) is 70.9 cm³/mol. The topological polar surface area (TPSA) is 22.1 Å². The molecule has 16 heavy (non-hydrogen) atoms. The van der Waals surface area contributed by atoms with Crippen molar-refractivity contribution in [1.29, 1.82) is 0 Å². The standard InChI is InChI=1S/C13H20BrNO/c1-3-4-5-6-7-10-16-13-9-8-12(14)11(2)15-13/h8-9H,3-7,10H2,1-2H3. The number of unbranched alkanes of at least 4 members (excludes halogenated alkanes) is 4. The summed E-state index contributed by atoms with van der Waals surface area (Å²) in [4.78, 5) is 4.34. The van der Waals surface area contributed by atoms with Crippen LogP contribution in [-0.4, -0.2) is 11.6 Å². The first-order chi connectivity index (χ1) is 7.74. The van der Waals surface area contributed by atoms with Crippen LogP contribution >= 0.6 is 15.9 Å². The van der Waals surface area contributed by atoms with Crippen molar-refractivity contribution >= 4 is 15.9 Å². The zero-order valence-corrected chi connectivity index (χ0v) is 11.7. The Hall–Kier alpha value is -0.570. The van der Waals surface area contributed by atoms with Crippen LogP contribution in [0, 0.1) is 6.92 Å². The van der Waals surface area contributed by atoms with Crippen LogP contribution in [-0.2, 0) is 0 Å². The highest BCUT2D eigenvalue weighted by atomic mass is 79.9. The van der Waals surface area contributed by atoms with Crippen LogP contribution in [0.2, 0.25) is 0 Å². The van der Waals surface area contributed by atoms with E-state index in [1.165, 1.54) is 25.7 Å². The molecule has 1 aromatic rings. The third-order valence-corrected chi connectivity index (χ3v) is 3.33. The maximum atomic E-state index is 5.59. The van der Waals surface area contributed by atoms with Crippen LogP contribution in [0.25, 0.3) is 0 Å². The van der Waals surface area contributed by atoms with E-state index >= 15 is 0 Å². The minimum Gasteiger partial charge on any atom is -0.478 e. The summed E-state index contributed by atoms with van der Waals surface area (Å²) in [6.07, 6.45) is 6.30. The van der Waals surface area contributed by atoms with Crippen LogP contribution in [0.3, 0.4) is 0 Å². The SMILES string of the molecule is CCCCCCCOc1ccc(Br)c(C)n1. The Bertz CT molecular complexity index is 315. The van der Waals surface area contributed by atoms with Crippen molar-refractivity contribution in [1.82, 2.24) is 4.98 Å². The molecule has 0 N–H and O–H groups in total. The minimum atomic E-state index is 0.733. The lowest BCUT2D eigenvalue weighted by molar-refractivity contribution is 0.293. The monoisotopic (exact) mass is 285 g/mol. The number of aryl methyl sites for hydroxylation is 1. The van der Waals surface area contributed by atoms with Gasteiger partial charge in [-0.1, -0.05) is 32.6 Å². The Morgan fingerprint density at radius 2 is 1.94 bits per heavy atom. The van der Waals surface area contributed by atoms with E-state index in [-0.39, 0.29) is 0 Å². The van der Waals surface area contributed by atoms with Gasteiger partial charge in [0.15, 0.2) is 0 Å². The maximum absolute atomic E-state index is 5.59. The predicted octanol–water partition coefficient (Wildman–Crippen LogP) is 4.50. The van der Waals surface area contributed by atoms with Crippen LogP contribution in [0.15, 0.2) is 16.6 Å². The van der Waals surface area contributed by atoms with E-state index < -0.39 is 0 Å². The van der Waals surface area contributed by atoms with Crippen molar-refractivity contribution in [2.45, 2.75) is 46.0 Å². The number of halogens is 1. The highest BCUT2D eigenvalue weighted by molar-refractivity contribution is 9.10. The summed E-state index contributed by atoms with van der Waals surface area (Å²) in [7, 11) is 0. The molecule has 0 unspecified atom stereocenters. The van der Waals surface area contributed by atoms with Gasteiger partial charge in [-0.25, -0.2) is 4.98 Å². The van der Waals surface area contributed by atoms with E-state index in [2.05, 4.69) is 27.8 Å². The summed E-state index contributed by atoms with van der Waals surface area (Å²) in [5, 5.41) is 0. The Kier molecular flexibility index (Phi) is 6.46. The Balaban J connectivity index is 2.19. The van der Waals surface area contributed by atoms with E-state index in [1.54, 1.807) is 0 Å². The molecule has 3 heteroatoms. The van der Waals surface area contributed by atoms with Gasteiger partial charge in [0.25, 0.3) is 0 Å². The molecule has 2 nitrogen and oxygen atoms in total. The number of hydrogen-bond donors (Lipinski definition) is 0. The summed E-state index contributed by atoms with van der Waals surface area (Å²) in [5.74, 6) is 0.733. The molecule has 0 amide bonds. The first-order valence-electron chi connectivity index (χ1n) is 6.00. The van der Waals surface area contributed by atoms with E-state index in [0.717, 1.165) is 29.1 Å². The summed E-state index contributed by atoms with van der Waals surface area (Å²) in [5.41, 5.74) is 0.975. The largest absolute Gasteiger partial charge is 0.478 e. The molecule has 0 aromatic carbocycles. The van der Waals surface area contributed by atoms with E-state index in [4.69, 9.17) is 4.74 Å². The molecule has 0 aliphatic carbocycles. The third-order valence-electron chi connectivity index (χ3n) is 2.49. The van der Waals surface area contributed by atoms with E-state index in [1.807, 2.05) is 19.1 Å². The summed E-state index contributed by atoms with van der Waals surface area (Å²) < 4.78 is 6.62. The second kappa shape index (κ2) is 7.66. The summed E-state index contributed by atoms with van der Waals surface area (Å²) in [6.45, 7) is 4.97. The smallest absolute Gasteiger partial charge is 0.213 e. The normalized spacial score (nSPS) is 10.4. The maximum Gasteiger partial charge on any atom is 0.213 e. The molecule has 0 saturated carbocycles. The molecule has 0 fully saturated rings. The second-order valence-electron chi connectivity index (χ2n) is 3.98. The van der Waals surface area contributed by atoms with Crippen molar-refractivity contribution in [2.24, 2.45) is 0 Å². The number of nitrogens with zero attached hydrogens (tertiary/aromatic N) is 1. The lowest BCUT2D eigenvalue weighted by Crippen LogP contribution is -1.99. The first-order valence-corrected chi connectivity index (χ1v) is 6.79. The van der Waals surface area contributed by atoms with Crippen molar-refractivity contribution in [3.8, 4) is 5.88 Å². The summed E-state index contributed by atoms with van der Waals surface area (Å²) >= 11 is 3.42. The molecule has 0 radical (unpaired) electrons.